The van der Waals surface area contributed by atoms with E-state index in [4.69, 9.17) is 4.74 Å². The molecule has 25 heavy (non-hydrogen) atoms. The van der Waals surface area contributed by atoms with E-state index in [0.29, 0.717) is 6.04 Å². The van der Waals surface area contributed by atoms with Gasteiger partial charge in [0.15, 0.2) is 0 Å². The number of rotatable bonds is 5. The van der Waals surface area contributed by atoms with Crippen LogP contribution in [0.4, 0.5) is 0 Å². The van der Waals surface area contributed by atoms with Gasteiger partial charge in [0.2, 0.25) is 11.8 Å². The first-order valence-corrected chi connectivity index (χ1v) is 8.90. The molecule has 0 bridgehead atoms. The third-order valence-electron chi connectivity index (χ3n) is 5.03. The Morgan fingerprint density at radius 3 is 2.64 bits per heavy atom. The van der Waals surface area contributed by atoms with Gasteiger partial charge >= 0.3 is 0 Å². The monoisotopic (exact) mass is 346 g/mol. The summed E-state index contributed by atoms with van der Waals surface area (Å²) in [7, 11) is 0. The number of hydrogen-bond acceptors (Lipinski definition) is 5. The molecular weight excluding hydrogens is 320 g/mol. The first-order chi connectivity index (χ1) is 12.1. The van der Waals surface area contributed by atoms with Crippen LogP contribution in [0.3, 0.4) is 0 Å². The van der Waals surface area contributed by atoms with E-state index >= 15 is 0 Å². The van der Waals surface area contributed by atoms with Crippen molar-refractivity contribution in [1.82, 2.24) is 20.1 Å². The van der Waals surface area contributed by atoms with Gasteiger partial charge in [0.1, 0.15) is 0 Å². The van der Waals surface area contributed by atoms with E-state index in [0.717, 1.165) is 45.7 Å². The van der Waals surface area contributed by atoms with Crippen LogP contribution in [0.5, 0.6) is 0 Å². The Kier molecular flexibility index (Phi) is 5.99. The van der Waals surface area contributed by atoms with E-state index in [2.05, 4.69) is 15.2 Å². The Bertz CT molecular complexity index is 589. The first kappa shape index (κ1) is 17.8. The van der Waals surface area contributed by atoms with Gasteiger partial charge in [-0.15, -0.1) is 0 Å². The normalized spacial score (nSPS) is 24.3. The maximum absolute atomic E-state index is 12.6. The van der Waals surface area contributed by atoms with Crippen LogP contribution in [-0.4, -0.2) is 78.1 Å². The van der Waals surface area contributed by atoms with E-state index in [1.165, 1.54) is 12.5 Å². The Balaban J connectivity index is 1.74. The molecule has 2 aliphatic rings. The molecule has 1 aromatic rings. The van der Waals surface area contributed by atoms with E-state index in [1.807, 2.05) is 17.0 Å². The van der Waals surface area contributed by atoms with Crippen molar-refractivity contribution in [2.45, 2.75) is 31.8 Å². The van der Waals surface area contributed by atoms with Gasteiger partial charge < -0.3 is 15.0 Å². The summed E-state index contributed by atoms with van der Waals surface area (Å²) < 4.78 is 5.47. The molecule has 2 saturated heterocycles. The Hall–Kier alpha value is -1.99. The van der Waals surface area contributed by atoms with Gasteiger partial charge in [-0.05, 0) is 30.5 Å². The summed E-state index contributed by atoms with van der Waals surface area (Å²) >= 11 is 0. The number of morpholine rings is 1. The molecule has 2 atom stereocenters. The molecule has 0 radical (unpaired) electrons. The molecule has 3 heterocycles. The number of pyridine rings is 1. The number of ether oxygens (including phenoxy) is 1. The number of nitrogens with zero attached hydrogens (tertiary/aromatic N) is 3. The van der Waals surface area contributed by atoms with E-state index in [1.54, 1.807) is 12.4 Å². The Labute approximate surface area is 148 Å². The molecule has 0 aromatic carbocycles. The highest BCUT2D eigenvalue weighted by Crippen LogP contribution is 2.27. The van der Waals surface area contributed by atoms with Crippen molar-refractivity contribution < 1.29 is 14.3 Å². The van der Waals surface area contributed by atoms with Gasteiger partial charge in [0, 0.05) is 45.0 Å². The summed E-state index contributed by atoms with van der Waals surface area (Å²) in [6, 6.07) is 4.45. The van der Waals surface area contributed by atoms with Crippen LogP contribution in [0.15, 0.2) is 24.5 Å². The Morgan fingerprint density at radius 1 is 1.24 bits per heavy atom. The minimum absolute atomic E-state index is 0.00924. The lowest BCUT2D eigenvalue weighted by Crippen LogP contribution is -2.52. The largest absolute Gasteiger partial charge is 0.379 e. The third-order valence-corrected chi connectivity index (χ3v) is 5.03. The fourth-order valence-corrected chi connectivity index (χ4v) is 3.79. The summed E-state index contributed by atoms with van der Waals surface area (Å²) in [5.74, 6) is -0.187. The van der Waals surface area contributed by atoms with Crippen LogP contribution in [-0.2, 0) is 20.7 Å². The lowest BCUT2D eigenvalue weighted by atomic mass is 9.99. The number of likely N-dealkylation sites (tertiary alicyclic amines) is 1. The van der Waals surface area contributed by atoms with Crippen molar-refractivity contribution in [3.63, 3.8) is 0 Å². The number of carbonyl (C=O) groups is 2. The number of amides is 2. The molecule has 3 rings (SSSR count). The molecule has 136 valence electrons. The standard InChI is InChI=1S/C18H26N4O3/c1-14(23)20-13-18(24)22-7-4-16(21-8-10-25-11-9-21)17(22)12-15-2-5-19-6-3-15/h2-3,5-6,16-17H,4,7-13H2,1H3,(H,20,23)/t16-,17+/m1/s1. The number of carbonyl (C=O) groups excluding carboxylic acids is 2. The van der Waals surface area contributed by atoms with Gasteiger partial charge in [-0.25, -0.2) is 0 Å². The Morgan fingerprint density at radius 2 is 1.96 bits per heavy atom. The second kappa shape index (κ2) is 8.40. The fourth-order valence-electron chi connectivity index (χ4n) is 3.79. The summed E-state index contributed by atoms with van der Waals surface area (Å²) in [5, 5.41) is 2.63. The molecule has 0 saturated carbocycles. The zero-order valence-corrected chi connectivity index (χ0v) is 14.7. The summed E-state index contributed by atoms with van der Waals surface area (Å²) in [5.41, 5.74) is 1.18. The van der Waals surface area contributed by atoms with Crippen LogP contribution < -0.4 is 5.32 Å². The van der Waals surface area contributed by atoms with Crippen LogP contribution in [0.1, 0.15) is 18.9 Å². The highest BCUT2D eigenvalue weighted by molar-refractivity contribution is 5.84. The smallest absolute Gasteiger partial charge is 0.242 e. The highest BCUT2D eigenvalue weighted by atomic mass is 16.5. The van der Waals surface area contributed by atoms with Gasteiger partial charge in [-0.2, -0.15) is 0 Å². The molecule has 2 fully saturated rings. The van der Waals surface area contributed by atoms with Gasteiger partial charge in [-0.1, -0.05) is 0 Å². The van der Waals surface area contributed by atoms with Crippen molar-refractivity contribution in [2.24, 2.45) is 0 Å². The van der Waals surface area contributed by atoms with Gasteiger partial charge in [0.05, 0.1) is 25.8 Å². The van der Waals surface area contributed by atoms with Gasteiger partial charge in [0.25, 0.3) is 0 Å². The summed E-state index contributed by atoms with van der Waals surface area (Å²) in [6.45, 7) is 5.55. The maximum atomic E-state index is 12.6. The molecule has 0 aliphatic carbocycles. The number of nitrogens with one attached hydrogen (secondary N) is 1. The minimum atomic E-state index is -0.178. The predicted molar refractivity (Wildman–Crippen MR) is 92.9 cm³/mol. The van der Waals surface area contributed by atoms with Crippen LogP contribution >= 0.6 is 0 Å². The zero-order chi connectivity index (χ0) is 17.6. The zero-order valence-electron chi connectivity index (χ0n) is 14.7. The minimum Gasteiger partial charge on any atom is -0.379 e. The molecule has 1 aromatic heterocycles. The summed E-state index contributed by atoms with van der Waals surface area (Å²) in [4.78, 5) is 32.2. The highest BCUT2D eigenvalue weighted by Gasteiger charge is 2.40. The lowest BCUT2D eigenvalue weighted by molar-refractivity contribution is -0.133. The SMILES string of the molecule is CC(=O)NCC(=O)N1CC[C@@H](N2CCOCC2)[C@@H]1Cc1ccncc1. The second-order valence-electron chi connectivity index (χ2n) is 6.63. The maximum Gasteiger partial charge on any atom is 0.242 e. The molecule has 0 spiro atoms. The molecule has 0 unspecified atom stereocenters. The van der Waals surface area contributed by atoms with Crippen LogP contribution in [0.2, 0.25) is 0 Å². The van der Waals surface area contributed by atoms with Crippen LogP contribution in [0.25, 0.3) is 0 Å². The van der Waals surface area contributed by atoms with E-state index in [-0.39, 0.29) is 24.4 Å². The quantitative estimate of drug-likeness (QED) is 0.816. The van der Waals surface area contributed by atoms with Crippen LogP contribution in [0, 0.1) is 0 Å². The number of aromatic nitrogens is 1. The van der Waals surface area contributed by atoms with Crippen molar-refractivity contribution in [2.75, 3.05) is 39.4 Å². The lowest BCUT2D eigenvalue weighted by Gasteiger charge is -2.37. The number of hydrogen-bond donors (Lipinski definition) is 1. The van der Waals surface area contributed by atoms with Gasteiger partial charge in [-0.3, -0.25) is 19.5 Å². The van der Waals surface area contributed by atoms with Crippen molar-refractivity contribution in [1.29, 1.82) is 0 Å². The predicted octanol–water partition coefficient (Wildman–Crippen LogP) is 0.0619. The first-order valence-electron chi connectivity index (χ1n) is 8.90. The van der Waals surface area contributed by atoms with Crippen molar-refractivity contribution >= 4 is 11.8 Å². The summed E-state index contributed by atoms with van der Waals surface area (Å²) in [6.07, 6.45) is 5.34. The molecule has 1 N–H and O–H groups in total. The van der Waals surface area contributed by atoms with Crippen molar-refractivity contribution in [3.8, 4) is 0 Å². The fraction of sp³-hybridized carbons (Fsp3) is 0.611. The molecule has 2 aliphatic heterocycles. The molecule has 7 nitrogen and oxygen atoms in total. The van der Waals surface area contributed by atoms with Crippen molar-refractivity contribution in [3.05, 3.63) is 30.1 Å². The second-order valence-corrected chi connectivity index (χ2v) is 6.63. The average Bonchev–Trinajstić information content (AvgIpc) is 3.05. The topological polar surface area (TPSA) is 74.8 Å². The molecule has 2 amide bonds. The average molecular weight is 346 g/mol. The van der Waals surface area contributed by atoms with E-state index < -0.39 is 0 Å². The molecular formula is C18H26N4O3. The van der Waals surface area contributed by atoms with E-state index in [9.17, 15) is 9.59 Å². The molecule has 7 heteroatoms. The third kappa shape index (κ3) is 4.55.